The molecule has 0 aliphatic heterocycles. The minimum atomic E-state index is -0.603. The van der Waals surface area contributed by atoms with Gasteiger partial charge < -0.3 is 4.42 Å². The smallest absolute Gasteiger partial charge is 0.322 e. The fraction of sp³-hybridized carbons (Fsp3) is 0.250. The maximum atomic E-state index is 13.7. The first-order valence-corrected chi connectivity index (χ1v) is 5.35. The molecule has 0 aliphatic rings. The highest BCUT2D eigenvalue weighted by atomic mass is 19.1. The summed E-state index contributed by atoms with van der Waals surface area (Å²) < 4.78 is 18.7. The number of nitrogens with zero attached hydrogens (tertiary/aromatic N) is 2. The molecular formula is C12H12FN3O2. The highest BCUT2D eigenvalue weighted by Gasteiger charge is 2.17. The molecule has 1 aromatic heterocycles. The van der Waals surface area contributed by atoms with E-state index < -0.39 is 11.7 Å². The Labute approximate surface area is 103 Å². The van der Waals surface area contributed by atoms with Gasteiger partial charge in [-0.3, -0.25) is 10.1 Å². The van der Waals surface area contributed by atoms with Crippen molar-refractivity contribution in [3.8, 4) is 0 Å². The summed E-state index contributed by atoms with van der Waals surface area (Å²) in [6.07, 6.45) is 0. The Bertz CT molecular complexity index is 584. The molecule has 0 radical (unpaired) electrons. The van der Waals surface area contributed by atoms with Crippen LogP contribution in [-0.2, 0) is 0 Å². The van der Waals surface area contributed by atoms with E-state index in [0.29, 0.717) is 11.5 Å². The van der Waals surface area contributed by atoms with Gasteiger partial charge in [0.1, 0.15) is 5.82 Å². The molecule has 6 heteroatoms. The average Bonchev–Trinajstić information content (AvgIpc) is 2.62. The topological polar surface area (TPSA) is 68.0 Å². The van der Waals surface area contributed by atoms with E-state index in [1.165, 1.54) is 6.07 Å². The monoisotopic (exact) mass is 249 g/mol. The van der Waals surface area contributed by atoms with Gasteiger partial charge in [-0.25, -0.2) is 4.39 Å². The number of hydrogen-bond donors (Lipinski definition) is 1. The number of halogens is 1. The third kappa shape index (κ3) is 2.37. The molecule has 0 saturated heterocycles. The van der Waals surface area contributed by atoms with Gasteiger partial charge in [0, 0.05) is 6.92 Å². The number of aromatic nitrogens is 2. The fourth-order valence-electron chi connectivity index (χ4n) is 1.71. The molecule has 0 spiro atoms. The van der Waals surface area contributed by atoms with Crippen LogP contribution in [0, 0.1) is 26.6 Å². The summed E-state index contributed by atoms with van der Waals surface area (Å²) >= 11 is 0. The molecule has 0 fully saturated rings. The van der Waals surface area contributed by atoms with Crippen LogP contribution in [-0.4, -0.2) is 16.1 Å². The predicted octanol–water partition coefficient (Wildman–Crippen LogP) is 2.39. The van der Waals surface area contributed by atoms with Crippen LogP contribution in [0.2, 0.25) is 0 Å². The maximum Gasteiger partial charge on any atom is 0.322 e. The lowest BCUT2D eigenvalue weighted by Crippen LogP contribution is -2.16. The summed E-state index contributed by atoms with van der Waals surface area (Å²) in [6.45, 7) is 5.03. The van der Waals surface area contributed by atoms with Gasteiger partial charge in [-0.05, 0) is 31.0 Å². The van der Waals surface area contributed by atoms with Crippen LogP contribution in [0.5, 0.6) is 0 Å². The summed E-state index contributed by atoms with van der Waals surface area (Å²) in [7, 11) is 0. The summed E-state index contributed by atoms with van der Waals surface area (Å²) in [6, 6.07) is 3.00. The van der Waals surface area contributed by atoms with Crippen molar-refractivity contribution in [2.45, 2.75) is 20.8 Å². The lowest BCUT2D eigenvalue weighted by Gasteiger charge is -2.07. The van der Waals surface area contributed by atoms with Crippen LogP contribution >= 0.6 is 0 Å². The van der Waals surface area contributed by atoms with E-state index in [-0.39, 0.29) is 11.6 Å². The Morgan fingerprint density at radius 2 is 2.00 bits per heavy atom. The minimum Gasteiger partial charge on any atom is -0.408 e. The highest BCUT2D eigenvalue weighted by molar-refractivity contribution is 6.04. The van der Waals surface area contributed by atoms with Crippen molar-refractivity contribution in [2.24, 2.45) is 0 Å². The second-order valence-corrected chi connectivity index (χ2v) is 4.02. The molecule has 0 aliphatic carbocycles. The van der Waals surface area contributed by atoms with Crippen molar-refractivity contribution in [1.82, 2.24) is 10.2 Å². The minimum absolute atomic E-state index is 0.0172. The Balaban J connectivity index is 2.29. The third-order valence-electron chi connectivity index (χ3n) is 2.41. The number of nitrogens with one attached hydrogen (secondary N) is 1. The number of benzene rings is 1. The normalized spacial score (nSPS) is 10.4. The molecule has 0 saturated carbocycles. The van der Waals surface area contributed by atoms with Crippen LogP contribution in [0.15, 0.2) is 16.5 Å². The molecule has 0 unspecified atom stereocenters. The van der Waals surface area contributed by atoms with Crippen molar-refractivity contribution in [3.05, 3.63) is 40.5 Å². The van der Waals surface area contributed by atoms with E-state index in [1.54, 1.807) is 26.8 Å². The largest absolute Gasteiger partial charge is 0.408 e. The van der Waals surface area contributed by atoms with Gasteiger partial charge in [0.05, 0.1) is 5.56 Å². The number of rotatable bonds is 2. The Morgan fingerprint density at radius 1 is 1.28 bits per heavy atom. The van der Waals surface area contributed by atoms with Crippen LogP contribution in [0.25, 0.3) is 0 Å². The highest BCUT2D eigenvalue weighted by Crippen LogP contribution is 2.17. The van der Waals surface area contributed by atoms with Crippen molar-refractivity contribution >= 4 is 11.9 Å². The first kappa shape index (κ1) is 12.2. The van der Waals surface area contributed by atoms with Gasteiger partial charge in [-0.15, -0.1) is 5.10 Å². The lowest BCUT2D eigenvalue weighted by molar-refractivity contribution is 0.101. The Kier molecular flexibility index (Phi) is 3.10. The number of anilines is 1. The van der Waals surface area contributed by atoms with Crippen molar-refractivity contribution in [1.29, 1.82) is 0 Å². The molecule has 1 N–H and O–H groups in total. The van der Waals surface area contributed by atoms with Gasteiger partial charge in [-0.1, -0.05) is 11.2 Å². The summed E-state index contributed by atoms with van der Waals surface area (Å²) in [5.74, 6) is -0.846. The van der Waals surface area contributed by atoms with E-state index in [1.807, 2.05) is 0 Å². The molecule has 2 aromatic rings. The molecule has 94 valence electrons. The van der Waals surface area contributed by atoms with Crippen LogP contribution in [0.4, 0.5) is 10.4 Å². The summed E-state index contributed by atoms with van der Waals surface area (Å²) in [5.41, 5.74) is 1.30. The molecule has 1 heterocycles. The number of hydrogen-bond acceptors (Lipinski definition) is 4. The van der Waals surface area contributed by atoms with Crippen molar-refractivity contribution < 1.29 is 13.6 Å². The molecule has 1 aromatic carbocycles. The maximum absolute atomic E-state index is 13.7. The van der Waals surface area contributed by atoms with Crippen molar-refractivity contribution in [2.75, 3.05) is 5.32 Å². The number of carbonyl (C=O) groups is 1. The van der Waals surface area contributed by atoms with E-state index in [2.05, 4.69) is 15.5 Å². The van der Waals surface area contributed by atoms with Gasteiger partial charge >= 0.3 is 6.01 Å². The molecule has 2 rings (SSSR count). The SMILES string of the molecule is Cc1cc(C)c(C(=O)Nc2nnc(C)o2)c(F)c1. The molecular weight excluding hydrogens is 237 g/mol. The molecule has 0 atom stereocenters. The zero-order valence-electron chi connectivity index (χ0n) is 10.2. The van der Waals surface area contributed by atoms with E-state index in [4.69, 9.17) is 4.42 Å². The van der Waals surface area contributed by atoms with E-state index >= 15 is 0 Å². The van der Waals surface area contributed by atoms with Gasteiger partial charge in [0.25, 0.3) is 5.91 Å². The zero-order chi connectivity index (χ0) is 13.3. The number of amides is 1. The Morgan fingerprint density at radius 3 is 2.56 bits per heavy atom. The molecule has 0 bridgehead atoms. The van der Waals surface area contributed by atoms with Gasteiger partial charge in [0.2, 0.25) is 5.89 Å². The van der Waals surface area contributed by atoms with Crippen LogP contribution in [0.1, 0.15) is 27.4 Å². The molecule has 18 heavy (non-hydrogen) atoms. The van der Waals surface area contributed by atoms with Gasteiger partial charge in [-0.2, -0.15) is 0 Å². The van der Waals surface area contributed by atoms with E-state index in [0.717, 1.165) is 5.56 Å². The standard InChI is InChI=1S/C12H12FN3O2/c1-6-4-7(2)10(9(13)5-6)11(17)14-12-16-15-8(3)18-12/h4-5H,1-3H3,(H,14,16,17). The first-order chi connectivity index (χ1) is 8.47. The second kappa shape index (κ2) is 4.56. The van der Waals surface area contributed by atoms with Crippen LogP contribution < -0.4 is 5.32 Å². The number of carbonyl (C=O) groups excluding carboxylic acids is 1. The molecule has 5 nitrogen and oxygen atoms in total. The second-order valence-electron chi connectivity index (χ2n) is 4.02. The Hall–Kier alpha value is -2.24. The van der Waals surface area contributed by atoms with Gasteiger partial charge in [0.15, 0.2) is 0 Å². The van der Waals surface area contributed by atoms with Crippen LogP contribution in [0.3, 0.4) is 0 Å². The zero-order valence-corrected chi connectivity index (χ0v) is 10.2. The average molecular weight is 249 g/mol. The number of aryl methyl sites for hydroxylation is 3. The third-order valence-corrected chi connectivity index (χ3v) is 2.41. The quantitative estimate of drug-likeness (QED) is 0.887. The first-order valence-electron chi connectivity index (χ1n) is 5.35. The fourth-order valence-corrected chi connectivity index (χ4v) is 1.71. The molecule has 1 amide bonds. The van der Waals surface area contributed by atoms with Crippen molar-refractivity contribution in [3.63, 3.8) is 0 Å². The van der Waals surface area contributed by atoms with E-state index in [9.17, 15) is 9.18 Å². The predicted molar refractivity (Wildman–Crippen MR) is 62.9 cm³/mol. The summed E-state index contributed by atoms with van der Waals surface area (Å²) in [4.78, 5) is 11.9. The summed E-state index contributed by atoms with van der Waals surface area (Å²) in [5, 5.41) is 9.55. The lowest BCUT2D eigenvalue weighted by atomic mass is 10.0.